The predicted octanol–water partition coefficient (Wildman–Crippen LogP) is 3.74. The van der Waals surface area contributed by atoms with E-state index in [1.54, 1.807) is 23.9 Å². The number of thioether (sulfide) groups is 1. The van der Waals surface area contributed by atoms with E-state index in [0.717, 1.165) is 15.1 Å². The van der Waals surface area contributed by atoms with Crippen molar-refractivity contribution >= 4 is 27.7 Å². The van der Waals surface area contributed by atoms with Crippen LogP contribution >= 0.6 is 27.7 Å². The second-order valence-electron chi connectivity index (χ2n) is 3.43. The maximum atomic E-state index is 13.8. The Morgan fingerprint density at radius 1 is 1.53 bits per heavy atom. The summed E-state index contributed by atoms with van der Waals surface area (Å²) in [5.41, 5.74) is -1.17. The Morgan fingerprint density at radius 3 is 2.67 bits per heavy atom. The second kappa shape index (κ2) is 5.32. The molecule has 0 heterocycles. The van der Waals surface area contributed by atoms with Crippen LogP contribution < -0.4 is 0 Å². The van der Waals surface area contributed by atoms with Crippen molar-refractivity contribution in [1.29, 1.82) is 0 Å². The van der Waals surface area contributed by atoms with Gasteiger partial charge in [0.15, 0.2) is 5.67 Å². The summed E-state index contributed by atoms with van der Waals surface area (Å²) in [6.45, 7) is 2.94. The van der Waals surface area contributed by atoms with Crippen molar-refractivity contribution in [2.24, 2.45) is 0 Å². The van der Waals surface area contributed by atoms with Crippen LogP contribution in [0.1, 0.15) is 19.4 Å². The number of benzene rings is 1. The number of alkyl halides is 1. The van der Waals surface area contributed by atoms with Crippen LogP contribution in [0.2, 0.25) is 0 Å². The lowest BCUT2D eigenvalue weighted by Gasteiger charge is -2.18. The molecule has 0 amide bonds. The van der Waals surface area contributed by atoms with E-state index in [9.17, 15) is 4.39 Å². The molecule has 0 saturated carbocycles. The van der Waals surface area contributed by atoms with Gasteiger partial charge in [0.05, 0.1) is 6.61 Å². The van der Waals surface area contributed by atoms with Crippen molar-refractivity contribution in [2.75, 3.05) is 12.4 Å². The first-order chi connectivity index (χ1) is 7.01. The van der Waals surface area contributed by atoms with Crippen molar-refractivity contribution in [3.8, 4) is 0 Å². The summed E-state index contributed by atoms with van der Waals surface area (Å²) in [6.07, 6.45) is 0. The Balaban J connectivity index is 3.01. The molecule has 0 aliphatic carbocycles. The second-order valence-corrected chi connectivity index (χ2v) is 5.59. The van der Waals surface area contributed by atoms with Gasteiger partial charge in [0.25, 0.3) is 0 Å². The molecule has 1 aromatic rings. The summed E-state index contributed by atoms with van der Waals surface area (Å²) in [5.74, 6) is 0.977. The minimum Gasteiger partial charge on any atom is -0.393 e. The van der Waals surface area contributed by atoms with Crippen molar-refractivity contribution in [3.05, 3.63) is 28.2 Å². The normalized spacial score (nSPS) is 15.0. The van der Waals surface area contributed by atoms with Gasteiger partial charge in [0.2, 0.25) is 0 Å². The molecule has 0 fully saturated rings. The topological polar surface area (TPSA) is 20.2 Å². The van der Waals surface area contributed by atoms with Gasteiger partial charge in [-0.3, -0.25) is 0 Å². The Hall–Kier alpha value is -0.0600. The number of aliphatic hydroxyl groups is 1. The van der Waals surface area contributed by atoms with Gasteiger partial charge >= 0.3 is 0 Å². The van der Waals surface area contributed by atoms with Crippen molar-refractivity contribution in [3.63, 3.8) is 0 Å². The summed E-state index contributed by atoms with van der Waals surface area (Å²) >= 11 is 5.10. The van der Waals surface area contributed by atoms with E-state index in [0.29, 0.717) is 5.56 Å². The van der Waals surface area contributed by atoms with E-state index in [1.807, 2.05) is 6.07 Å². The van der Waals surface area contributed by atoms with Gasteiger partial charge in [0, 0.05) is 9.37 Å². The first-order valence-corrected chi connectivity index (χ1v) is 6.51. The fraction of sp³-hybridized carbons (Fsp3) is 0.455. The summed E-state index contributed by atoms with van der Waals surface area (Å²) in [6, 6.07) is 5.33. The highest BCUT2D eigenvalue weighted by molar-refractivity contribution is 9.10. The zero-order chi connectivity index (χ0) is 11.5. The van der Waals surface area contributed by atoms with E-state index in [4.69, 9.17) is 5.11 Å². The van der Waals surface area contributed by atoms with Crippen LogP contribution in [0.4, 0.5) is 4.39 Å². The number of hydrogen-bond acceptors (Lipinski definition) is 2. The molecule has 0 aliphatic rings. The molecule has 1 unspecified atom stereocenters. The molecule has 1 rings (SSSR count). The molecule has 0 radical (unpaired) electrons. The van der Waals surface area contributed by atoms with Crippen molar-refractivity contribution in [2.45, 2.75) is 24.4 Å². The van der Waals surface area contributed by atoms with Gasteiger partial charge in [-0.15, -0.1) is 11.8 Å². The Morgan fingerprint density at radius 2 is 2.20 bits per heavy atom. The summed E-state index contributed by atoms with van der Waals surface area (Å²) in [4.78, 5) is 1.09. The van der Waals surface area contributed by atoms with Gasteiger partial charge in [-0.05, 0) is 46.3 Å². The van der Waals surface area contributed by atoms with E-state index < -0.39 is 12.3 Å². The average molecular weight is 293 g/mol. The minimum absolute atomic E-state index is 0.498. The van der Waals surface area contributed by atoms with E-state index >= 15 is 0 Å². The molecule has 0 bridgehead atoms. The monoisotopic (exact) mass is 292 g/mol. The molecule has 1 atom stereocenters. The number of rotatable bonds is 4. The third kappa shape index (κ3) is 3.20. The Labute approximate surface area is 102 Å². The van der Waals surface area contributed by atoms with Gasteiger partial charge < -0.3 is 5.11 Å². The fourth-order valence-electron chi connectivity index (χ4n) is 1.19. The van der Waals surface area contributed by atoms with Crippen molar-refractivity contribution < 1.29 is 9.50 Å². The fourth-order valence-corrected chi connectivity index (χ4v) is 2.58. The maximum Gasteiger partial charge on any atom is 0.156 e. The van der Waals surface area contributed by atoms with Crippen LogP contribution in [-0.4, -0.2) is 17.5 Å². The van der Waals surface area contributed by atoms with Gasteiger partial charge in [0.1, 0.15) is 0 Å². The SMILES string of the molecule is CCSc1ccc(C(C)(F)CO)cc1Br. The first kappa shape index (κ1) is 13.0. The molecule has 0 saturated heterocycles. The molecule has 0 aromatic heterocycles. The van der Waals surface area contributed by atoms with Crippen LogP contribution in [0, 0.1) is 0 Å². The largest absolute Gasteiger partial charge is 0.393 e. The molecule has 15 heavy (non-hydrogen) atoms. The highest BCUT2D eigenvalue weighted by atomic mass is 79.9. The zero-order valence-electron chi connectivity index (χ0n) is 8.76. The molecule has 0 aliphatic heterocycles. The summed E-state index contributed by atoms with van der Waals surface area (Å²) in [7, 11) is 0. The third-order valence-corrected chi connectivity index (χ3v) is 4.00. The molecule has 1 N–H and O–H groups in total. The lowest BCUT2D eigenvalue weighted by molar-refractivity contribution is 0.0867. The van der Waals surface area contributed by atoms with E-state index in [2.05, 4.69) is 22.9 Å². The zero-order valence-corrected chi connectivity index (χ0v) is 11.2. The van der Waals surface area contributed by atoms with Crippen LogP contribution in [0.5, 0.6) is 0 Å². The predicted molar refractivity (Wildman–Crippen MR) is 66.1 cm³/mol. The highest BCUT2D eigenvalue weighted by Crippen LogP contribution is 2.33. The molecular formula is C11H14BrFOS. The van der Waals surface area contributed by atoms with Crippen molar-refractivity contribution in [1.82, 2.24) is 0 Å². The standard InChI is InChI=1S/C11H14BrFOS/c1-3-15-10-5-4-8(6-9(10)12)11(2,13)7-14/h4-6,14H,3,7H2,1-2H3. The smallest absolute Gasteiger partial charge is 0.156 e. The number of halogens is 2. The molecule has 1 aromatic carbocycles. The summed E-state index contributed by atoms with van der Waals surface area (Å²) in [5, 5.41) is 8.92. The van der Waals surface area contributed by atoms with E-state index in [1.165, 1.54) is 6.92 Å². The minimum atomic E-state index is -1.67. The van der Waals surface area contributed by atoms with E-state index in [-0.39, 0.29) is 0 Å². The molecule has 1 nitrogen and oxygen atoms in total. The lowest BCUT2D eigenvalue weighted by Crippen LogP contribution is -2.20. The van der Waals surface area contributed by atoms with Gasteiger partial charge in [-0.1, -0.05) is 13.0 Å². The number of hydrogen-bond donors (Lipinski definition) is 1. The third-order valence-electron chi connectivity index (χ3n) is 2.13. The van der Waals surface area contributed by atoms with Crippen LogP contribution in [0.25, 0.3) is 0 Å². The lowest BCUT2D eigenvalue weighted by atomic mass is 9.99. The van der Waals surface area contributed by atoms with Crippen LogP contribution in [-0.2, 0) is 5.67 Å². The maximum absolute atomic E-state index is 13.8. The molecular weight excluding hydrogens is 279 g/mol. The average Bonchev–Trinajstić information content (AvgIpc) is 2.21. The number of aliphatic hydroxyl groups excluding tert-OH is 1. The molecule has 84 valence electrons. The van der Waals surface area contributed by atoms with Gasteiger partial charge in [-0.25, -0.2) is 4.39 Å². The first-order valence-electron chi connectivity index (χ1n) is 4.74. The molecule has 0 spiro atoms. The summed E-state index contributed by atoms with van der Waals surface area (Å²) < 4.78 is 14.7. The van der Waals surface area contributed by atoms with Crippen LogP contribution in [0.3, 0.4) is 0 Å². The Bertz CT molecular complexity index is 341. The quantitative estimate of drug-likeness (QED) is 0.853. The molecule has 4 heteroatoms. The van der Waals surface area contributed by atoms with Gasteiger partial charge in [-0.2, -0.15) is 0 Å². The van der Waals surface area contributed by atoms with Crippen LogP contribution in [0.15, 0.2) is 27.6 Å². The Kier molecular flexibility index (Phi) is 4.62. The highest BCUT2D eigenvalue weighted by Gasteiger charge is 2.25.